The molecule has 1 heterocycles. The highest BCUT2D eigenvalue weighted by Gasteiger charge is 2.11. The van der Waals surface area contributed by atoms with Crippen LogP contribution in [0, 0.1) is 5.82 Å². The monoisotopic (exact) mass is 321 g/mol. The summed E-state index contributed by atoms with van der Waals surface area (Å²) in [5.74, 6) is -0.312. The lowest BCUT2D eigenvalue weighted by Gasteiger charge is -2.18. The summed E-state index contributed by atoms with van der Waals surface area (Å²) in [6, 6.07) is 19.2. The van der Waals surface area contributed by atoms with E-state index in [1.54, 1.807) is 30.5 Å². The van der Waals surface area contributed by atoms with Crippen LogP contribution < -0.4 is 10.2 Å². The molecule has 0 bridgehead atoms. The van der Waals surface area contributed by atoms with Crippen molar-refractivity contribution < 1.29 is 9.18 Å². The highest BCUT2D eigenvalue weighted by molar-refractivity contribution is 6.04. The van der Waals surface area contributed by atoms with Crippen LogP contribution in [0.4, 0.5) is 21.6 Å². The van der Waals surface area contributed by atoms with E-state index in [1.165, 1.54) is 12.1 Å². The Morgan fingerprint density at radius 2 is 1.71 bits per heavy atom. The molecule has 4 nitrogen and oxygen atoms in total. The number of carbonyl (C=O) groups is 1. The number of halogens is 1. The number of nitrogens with zero attached hydrogens (tertiary/aromatic N) is 2. The van der Waals surface area contributed by atoms with Crippen LogP contribution in [-0.4, -0.2) is 17.9 Å². The molecular weight excluding hydrogens is 305 g/mol. The van der Waals surface area contributed by atoms with Crippen LogP contribution in [0.1, 0.15) is 10.4 Å². The Bertz CT molecular complexity index is 835. The van der Waals surface area contributed by atoms with Gasteiger partial charge < -0.3 is 10.2 Å². The zero-order chi connectivity index (χ0) is 16.9. The van der Waals surface area contributed by atoms with E-state index in [1.807, 2.05) is 42.3 Å². The van der Waals surface area contributed by atoms with E-state index in [2.05, 4.69) is 10.3 Å². The Labute approximate surface area is 139 Å². The van der Waals surface area contributed by atoms with Crippen molar-refractivity contribution in [2.24, 2.45) is 0 Å². The van der Waals surface area contributed by atoms with Crippen LogP contribution in [0.25, 0.3) is 0 Å². The molecule has 0 radical (unpaired) electrons. The number of aromatic nitrogens is 1. The van der Waals surface area contributed by atoms with Crippen LogP contribution >= 0.6 is 0 Å². The van der Waals surface area contributed by atoms with E-state index in [-0.39, 0.29) is 5.56 Å². The van der Waals surface area contributed by atoms with E-state index in [0.29, 0.717) is 5.69 Å². The van der Waals surface area contributed by atoms with Crippen molar-refractivity contribution in [1.29, 1.82) is 0 Å². The molecule has 0 atom stereocenters. The topological polar surface area (TPSA) is 45.2 Å². The minimum absolute atomic E-state index is 0.00276. The lowest BCUT2D eigenvalue weighted by molar-refractivity contribution is 0.102. The quantitative estimate of drug-likeness (QED) is 0.782. The summed E-state index contributed by atoms with van der Waals surface area (Å²) >= 11 is 0. The second kappa shape index (κ2) is 6.91. The molecule has 0 saturated heterocycles. The predicted octanol–water partition coefficient (Wildman–Crippen LogP) is 4.24. The number of anilines is 3. The average Bonchev–Trinajstić information content (AvgIpc) is 2.63. The second-order valence-electron chi connectivity index (χ2n) is 5.23. The van der Waals surface area contributed by atoms with E-state index in [0.717, 1.165) is 11.5 Å². The lowest BCUT2D eigenvalue weighted by Crippen LogP contribution is -2.15. The molecule has 5 heteroatoms. The molecule has 3 rings (SSSR count). The third-order valence-electron chi connectivity index (χ3n) is 3.61. The zero-order valence-corrected chi connectivity index (χ0v) is 13.1. The van der Waals surface area contributed by atoms with Crippen molar-refractivity contribution in [2.75, 3.05) is 17.3 Å². The van der Waals surface area contributed by atoms with Crippen LogP contribution in [0.15, 0.2) is 72.9 Å². The summed E-state index contributed by atoms with van der Waals surface area (Å²) in [5, 5.41) is 2.64. The molecule has 0 unspecified atom stereocenters. The summed E-state index contributed by atoms with van der Waals surface area (Å²) < 4.78 is 13.6. The molecule has 2 aromatic carbocycles. The standard InChI is InChI=1S/C19H16FN3O/c1-23(15-7-3-2-4-8-15)18-12-11-14(13-21-18)22-19(24)16-9-5-6-10-17(16)20/h2-13H,1H3,(H,22,24). The van der Waals surface area contributed by atoms with Gasteiger partial charge in [0.2, 0.25) is 0 Å². The maximum absolute atomic E-state index is 13.6. The van der Waals surface area contributed by atoms with Gasteiger partial charge in [0, 0.05) is 12.7 Å². The van der Waals surface area contributed by atoms with Gasteiger partial charge in [0.05, 0.1) is 17.4 Å². The Morgan fingerprint density at radius 3 is 2.38 bits per heavy atom. The SMILES string of the molecule is CN(c1ccccc1)c1ccc(NC(=O)c2ccccc2F)cn1. The number of pyridine rings is 1. The van der Waals surface area contributed by atoms with Gasteiger partial charge in [0.25, 0.3) is 5.91 Å². The molecule has 0 saturated carbocycles. The second-order valence-corrected chi connectivity index (χ2v) is 5.23. The number of hydrogen-bond donors (Lipinski definition) is 1. The van der Waals surface area contributed by atoms with Gasteiger partial charge in [0.1, 0.15) is 11.6 Å². The Balaban J connectivity index is 1.73. The third-order valence-corrected chi connectivity index (χ3v) is 3.61. The molecule has 1 aromatic heterocycles. The molecule has 0 spiro atoms. The first-order valence-corrected chi connectivity index (χ1v) is 7.46. The van der Waals surface area contributed by atoms with Crippen molar-refractivity contribution in [3.8, 4) is 0 Å². The van der Waals surface area contributed by atoms with E-state index in [9.17, 15) is 9.18 Å². The number of hydrogen-bond acceptors (Lipinski definition) is 3. The fourth-order valence-corrected chi connectivity index (χ4v) is 2.29. The highest BCUT2D eigenvalue weighted by atomic mass is 19.1. The summed E-state index contributed by atoms with van der Waals surface area (Å²) in [6.45, 7) is 0. The first-order valence-electron chi connectivity index (χ1n) is 7.46. The number of rotatable bonds is 4. The van der Waals surface area contributed by atoms with Crippen LogP contribution in [-0.2, 0) is 0 Å². The molecule has 120 valence electrons. The molecule has 0 aliphatic heterocycles. The lowest BCUT2D eigenvalue weighted by atomic mass is 10.2. The predicted molar refractivity (Wildman–Crippen MR) is 93.1 cm³/mol. The largest absolute Gasteiger partial charge is 0.329 e. The number of carbonyl (C=O) groups excluding carboxylic acids is 1. The smallest absolute Gasteiger partial charge is 0.258 e. The first kappa shape index (κ1) is 15.7. The Kier molecular flexibility index (Phi) is 4.52. The van der Waals surface area contributed by atoms with Crippen molar-refractivity contribution in [3.05, 3.63) is 84.3 Å². The molecule has 0 aliphatic carbocycles. The van der Waals surface area contributed by atoms with Gasteiger partial charge in [0.15, 0.2) is 0 Å². The Hall–Kier alpha value is -3.21. The van der Waals surface area contributed by atoms with Gasteiger partial charge >= 0.3 is 0 Å². The first-order chi connectivity index (χ1) is 11.6. The molecule has 3 aromatic rings. The fourth-order valence-electron chi connectivity index (χ4n) is 2.29. The van der Waals surface area contributed by atoms with Crippen molar-refractivity contribution in [2.45, 2.75) is 0 Å². The molecule has 0 fully saturated rings. The Morgan fingerprint density at radius 1 is 1.00 bits per heavy atom. The number of amides is 1. The molecule has 1 N–H and O–H groups in total. The zero-order valence-electron chi connectivity index (χ0n) is 13.1. The van der Waals surface area contributed by atoms with E-state index in [4.69, 9.17) is 0 Å². The number of nitrogens with one attached hydrogen (secondary N) is 1. The summed E-state index contributed by atoms with van der Waals surface area (Å²) in [4.78, 5) is 18.4. The summed E-state index contributed by atoms with van der Waals surface area (Å²) in [7, 11) is 1.91. The van der Waals surface area contributed by atoms with Gasteiger partial charge in [-0.05, 0) is 36.4 Å². The van der Waals surface area contributed by atoms with Gasteiger partial charge in [-0.25, -0.2) is 9.37 Å². The molecule has 1 amide bonds. The van der Waals surface area contributed by atoms with Crippen molar-refractivity contribution in [3.63, 3.8) is 0 Å². The molecule has 24 heavy (non-hydrogen) atoms. The van der Waals surface area contributed by atoms with E-state index >= 15 is 0 Å². The fraction of sp³-hybridized carbons (Fsp3) is 0.0526. The normalized spacial score (nSPS) is 10.2. The third kappa shape index (κ3) is 3.41. The van der Waals surface area contributed by atoms with Gasteiger partial charge in [-0.3, -0.25) is 4.79 Å². The molecule has 0 aliphatic rings. The summed E-state index contributed by atoms with van der Waals surface area (Å²) in [6.07, 6.45) is 1.55. The maximum Gasteiger partial charge on any atom is 0.258 e. The number of para-hydroxylation sites is 1. The van der Waals surface area contributed by atoms with Crippen LogP contribution in [0.2, 0.25) is 0 Å². The van der Waals surface area contributed by atoms with Gasteiger partial charge in [-0.1, -0.05) is 30.3 Å². The van der Waals surface area contributed by atoms with E-state index < -0.39 is 11.7 Å². The maximum atomic E-state index is 13.6. The number of benzene rings is 2. The highest BCUT2D eigenvalue weighted by Crippen LogP contribution is 2.22. The average molecular weight is 321 g/mol. The van der Waals surface area contributed by atoms with Crippen LogP contribution in [0.5, 0.6) is 0 Å². The summed E-state index contributed by atoms with van der Waals surface area (Å²) in [5.41, 5.74) is 1.52. The van der Waals surface area contributed by atoms with Crippen molar-refractivity contribution >= 4 is 23.1 Å². The van der Waals surface area contributed by atoms with Crippen LogP contribution in [0.3, 0.4) is 0 Å². The van der Waals surface area contributed by atoms with Gasteiger partial charge in [-0.2, -0.15) is 0 Å². The minimum atomic E-state index is -0.552. The van der Waals surface area contributed by atoms with Crippen molar-refractivity contribution in [1.82, 2.24) is 4.98 Å². The van der Waals surface area contributed by atoms with Gasteiger partial charge in [-0.15, -0.1) is 0 Å². The minimum Gasteiger partial charge on any atom is -0.329 e. The molecular formula is C19H16FN3O.